The van der Waals surface area contributed by atoms with Crippen LogP contribution < -0.4 is 0 Å². The minimum atomic E-state index is -0.288. The number of hydrogen-bond donors (Lipinski definition) is 2. The van der Waals surface area contributed by atoms with Gasteiger partial charge in [-0.2, -0.15) is 0 Å². The van der Waals surface area contributed by atoms with E-state index >= 15 is 0 Å². The second-order valence-corrected chi connectivity index (χ2v) is 5.37. The van der Waals surface area contributed by atoms with Gasteiger partial charge in [0.1, 0.15) is 11.6 Å². The lowest BCUT2D eigenvalue weighted by Crippen LogP contribution is -1.97. The molecule has 0 aliphatic heterocycles. The molecule has 21 heavy (non-hydrogen) atoms. The third kappa shape index (κ3) is 1.93. The van der Waals surface area contributed by atoms with E-state index in [4.69, 9.17) is 0 Å². The topological polar surface area (TPSA) is 58.3 Å². The molecule has 4 nitrogen and oxygen atoms in total. The molecule has 0 amide bonds. The summed E-state index contributed by atoms with van der Waals surface area (Å²) in [7, 11) is 0. The van der Waals surface area contributed by atoms with Crippen LogP contribution in [0.2, 0.25) is 0 Å². The summed E-state index contributed by atoms with van der Waals surface area (Å²) in [5.41, 5.74) is 2.19. The van der Waals surface area contributed by atoms with Crippen LogP contribution in [0.1, 0.15) is 18.9 Å². The van der Waals surface area contributed by atoms with Crippen molar-refractivity contribution in [2.24, 2.45) is 0 Å². The first-order valence-corrected chi connectivity index (χ1v) is 6.83. The molecule has 2 N–H and O–H groups in total. The predicted molar refractivity (Wildman–Crippen MR) is 76.7 cm³/mol. The molecule has 0 radical (unpaired) electrons. The van der Waals surface area contributed by atoms with E-state index in [2.05, 4.69) is 4.98 Å². The highest BCUT2D eigenvalue weighted by Gasteiger charge is 2.29. The molecule has 0 bridgehead atoms. The molecule has 106 valence electrons. The largest absolute Gasteiger partial charge is 0.504 e. The Labute approximate surface area is 120 Å². The molecule has 1 heterocycles. The number of fused-ring (bicyclic) bond motifs is 1. The van der Waals surface area contributed by atoms with Gasteiger partial charge in [-0.1, -0.05) is 0 Å². The van der Waals surface area contributed by atoms with Crippen molar-refractivity contribution in [2.45, 2.75) is 18.9 Å². The molecule has 1 saturated carbocycles. The summed E-state index contributed by atoms with van der Waals surface area (Å²) in [6, 6.07) is 9.48. The van der Waals surface area contributed by atoms with Crippen molar-refractivity contribution in [3.05, 3.63) is 42.2 Å². The highest BCUT2D eigenvalue weighted by Crippen LogP contribution is 2.42. The second-order valence-electron chi connectivity index (χ2n) is 5.37. The molecular formula is C16H13FN2O2. The first-order chi connectivity index (χ1) is 10.1. The van der Waals surface area contributed by atoms with Gasteiger partial charge >= 0.3 is 0 Å². The van der Waals surface area contributed by atoms with Crippen molar-refractivity contribution < 1.29 is 14.6 Å². The van der Waals surface area contributed by atoms with E-state index in [1.807, 2.05) is 4.57 Å². The number of benzene rings is 2. The monoisotopic (exact) mass is 284 g/mol. The first-order valence-electron chi connectivity index (χ1n) is 6.83. The van der Waals surface area contributed by atoms with Crippen LogP contribution in [0.25, 0.3) is 22.4 Å². The van der Waals surface area contributed by atoms with Crippen LogP contribution in [0.3, 0.4) is 0 Å². The Morgan fingerprint density at radius 3 is 2.57 bits per heavy atom. The number of aromatic hydroxyl groups is 2. The number of halogens is 1. The van der Waals surface area contributed by atoms with Crippen LogP contribution in [0.4, 0.5) is 4.39 Å². The third-order valence-corrected chi connectivity index (χ3v) is 3.80. The zero-order valence-corrected chi connectivity index (χ0v) is 11.1. The lowest BCUT2D eigenvalue weighted by atomic mass is 10.2. The standard InChI is InChI=1S/C16H13FN2O2/c17-10-2-5-12-13(8-10)19(11-3-4-11)16(18-12)9-1-6-14(20)15(21)7-9/h1-2,5-8,11,20-21H,3-4H2. The van der Waals surface area contributed by atoms with Crippen LogP contribution >= 0.6 is 0 Å². The van der Waals surface area contributed by atoms with Gasteiger partial charge in [-0.05, 0) is 49.2 Å². The van der Waals surface area contributed by atoms with E-state index in [0.29, 0.717) is 17.4 Å². The van der Waals surface area contributed by atoms with E-state index in [9.17, 15) is 14.6 Å². The Morgan fingerprint density at radius 1 is 1.05 bits per heavy atom. The lowest BCUT2D eigenvalue weighted by Gasteiger charge is -2.08. The van der Waals surface area contributed by atoms with Gasteiger partial charge in [-0.3, -0.25) is 0 Å². The molecule has 0 unspecified atom stereocenters. The van der Waals surface area contributed by atoms with Gasteiger partial charge in [-0.25, -0.2) is 9.37 Å². The van der Waals surface area contributed by atoms with Crippen LogP contribution in [-0.4, -0.2) is 19.8 Å². The van der Waals surface area contributed by atoms with Crippen molar-refractivity contribution in [1.29, 1.82) is 0 Å². The van der Waals surface area contributed by atoms with E-state index in [-0.39, 0.29) is 17.3 Å². The quantitative estimate of drug-likeness (QED) is 0.707. The van der Waals surface area contributed by atoms with Crippen molar-refractivity contribution in [1.82, 2.24) is 9.55 Å². The van der Waals surface area contributed by atoms with E-state index in [1.54, 1.807) is 12.1 Å². The Morgan fingerprint density at radius 2 is 1.86 bits per heavy atom. The van der Waals surface area contributed by atoms with Gasteiger partial charge in [0.05, 0.1) is 11.0 Å². The summed E-state index contributed by atoms with van der Waals surface area (Å²) in [4.78, 5) is 4.56. The summed E-state index contributed by atoms with van der Waals surface area (Å²) in [6.07, 6.45) is 2.08. The lowest BCUT2D eigenvalue weighted by molar-refractivity contribution is 0.404. The number of phenolic OH excluding ortho intramolecular Hbond substituents is 2. The molecule has 0 atom stereocenters. The molecule has 0 spiro atoms. The van der Waals surface area contributed by atoms with Crippen molar-refractivity contribution in [3.8, 4) is 22.9 Å². The van der Waals surface area contributed by atoms with Crippen molar-refractivity contribution in [3.63, 3.8) is 0 Å². The van der Waals surface area contributed by atoms with Gasteiger partial charge in [0.2, 0.25) is 0 Å². The molecule has 1 fully saturated rings. The summed E-state index contributed by atoms with van der Waals surface area (Å²) in [5, 5.41) is 19.1. The summed E-state index contributed by atoms with van der Waals surface area (Å²) < 4.78 is 15.5. The van der Waals surface area contributed by atoms with Crippen molar-refractivity contribution in [2.75, 3.05) is 0 Å². The first kappa shape index (κ1) is 12.2. The molecule has 4 rings (SSSR count). The van der Waals surface area contributed by atoms with Crippen LogP contribution in [-0.2, 0) is 0 Å². The van der Waals surface area contributed by atoms with Gasteiger partial charge in [0, 0.05) is 11.6 Å². The molecular weight excluding hydrogens is 271 g/mol. The van der Waals surface area contributed by atoms with E-state index in [0.717, 1.165) is 23.9 Å². The number of hydrogen-bond acceptors (Lipinski definition) is 3. The van der Waals surface area contributed by atoms with Crippen molar-refractivity contribution >= 4 is 11.0 Å². The average Bonchev–Trinajstić information content (AvgIpc) is 3.23. The van der Waals surface area contributed by atoms with Gasteiger partial charge in [0.25, 0.3) is 0 Å². The summed E-state index contributed by atoms with van der Waals surface area (Å²) in [6.45, 7) is 0. The highest BCUT2D eigenvalue weighted by atomic mass is 19.1. The third-order valence-electron chi connectivity index (χ3n) is 3.80. The zero-order chi connectivity index (χ0) is 14.6. The van der Waals surface area contributed by atoms with Crippen LogP contribution in [0.5, 0.6) is 11.5 Å². The Kier molecular flexibility index (Phi) is 2.45. The number of nitrogens with zero attached hydrogens (tertiary/aromatic N) is 2. The Bertz CT molecular complexity index is 853. The highest BCUT2D eigenvalue weighted by molar-refractivity contribution is 5.81. The van der Waals surface area contributed by atoms with Gasteiger partial charge < -0.3 is 14.8 Å². The number of imidazole rings is 1. The smallest absolute Gasteiger partial charge is 0.158 e. The molecule has 0 saturated heterocycles. The van der Waals surface area contributed by atoms with Crippen LogP contribution in [0.15, 0.2) is 36.4 Å². The molecule has 2 aromatic carbocycles. The fraction of sp³-hybridized carbons (Fsp3) is 0.188. The number of aromatic nitrogens is 2. The Hall–Kier alpha value is -2.56. The minimum absolute atomic E-state index is 0.168. The number of phenols is 2. The molecule has 3 aromatic rings. The van der Waals surface area contributed by atoms with Gasteiger partial charge in [-0.15, -0.1) is 0 Å². The van der Waals surface area contributed by atoms with Crippen LogP contribution in [0, 0.1) is 5.82 Å². The normalized spacial score (nSPS) is 14.7. The predicted octanol–water partition coefficient (Wildman–Crippen LogP) is 3.59. The molecule has 1 aliphatic carbocycles. The Balaban J connectivity index is 1.99. The summed E-state index contributed by atoms with van der Waals surface area (Å²) in [5.74, 6) is 0.0461. The maximum absolute atomic E-state index is 13.5. The fourth-order valence-electron chi connectivity index (χ4n) is 2.63. The maximum Gasteiger partial charge on any atom is 0.158 e. The minimum Gasteiger partial charge on any atom is -0.504 e. The molecule has 5 heteroatoms. The van der Waals surface area contributed by atoms with E-state index < -0.39 is 0 Å². The maximum atomic E-state index is 13.5. The molecule has 1 aromatic heterocycles. The zero-order valence-electron chi connectivity index (χ0n) is 11.1. The average molecular weight is 284 g/mol. The molecule has 1 aliphatic rings. The second kappa shape index (κ2) is 4.22. The number of rotatable bonds is 2. The SMILES string of the molecule is Oc1ccc(-c2nc3ccc(F)cc3n2C2CC2)cc1O. The fourth-order valence-corrected chi connectivity index (χ4v) is 2.63. The van der Waals surface area contributed by atoms with Gasteiger partial charge in [0.15, 0.2) is 11.5 Å². The summed E-state index contributed by atoms with van der Waals surface area (Å²) >= 11 is 0. The van der Waals surface area contributed by atoms with E-state index in [1.165, 1.54) is 24.3 Å².